The van der Waals surface area contributed by atoms with Crippen LogP contribution in [0.15, 0.2) is 55.0 Å². The number of carbonyl (C=O) groups excluding carboxylic acids is 1. The van der Waals surface area contributed by atoms with E-state index in [1.807, 2.05) is 24.3 Å². The fourth-order valence-corrected chi connectivity index (χ4v) is 3.56. The summed E-state index contributed by atoms with van der Waals surface area (Å²) in [5, 5.41) is 2.87. The number of hydrogen-bond acceptors (Lipinski definition) is 8. The molecule has 1 aliphatic rings. The first-order valence-corrected chi connectivity index (χ1v) is 10.4. The second-order valence-corrected chi connectivity index (χ2v) is 7.30. The smallest absolute Gasteiger partial charge is 0.258 e. The number of hydrogen-bond donors (Lipinski definition) is 1. The van der Waals surface area contributed by atoms with Crippen LogP contribution in [0.5, 0.6) is 11.6 Å². The van der Waals surface area contributed by atoms with E-state index in [1.165, 1.54) is 13.3 Å². The first-order chi connectivity index (χ1) is 15.7. The minimum Gasteiger partial charge on any atom is -0.497 e. The molecule has 166 valence electrons. The van der Waals surface area contributed by atoms with Gasteiger partial charge in [0, 0.05) is 57.0 Å². The Morgan fingerprint density at radius 2 is 1.66 bits per heavy atom. The highest BCUT2D eigenvalue weighted by molar-refractivity contribution is 5.96. The van der Waals surface area contributed by atoms with E-state index in [0.29, 0.717) is 18.1 Å². The predicted molar refractivity (Wildman–Crippen MR) is 121 cm³/mol. The largest absolute Gasteiger partial charge is 0.497 e. The number of piperazine rings is 1. The van der Waals surface area contributed by atoms with Gasteiger partial charge in [0.15, 0.2) is 0 Å². The number of methoxy groups -OCH3 is 2. The molecule has 3 heterocycles. The third-order valence-corrected chi connectivity index (χ3v) is 5.38. The van der Waals surface area contributed by atoms with Crippen LogP contribution in [0.4, 0.5) is 11.6 Å². The van der Waals surface area contributed by atoms with Gasteiger partial charge in [0.2, 0.25) is 11.8 Å². The van der Waals surface area contributed by atoms with Gasteiger partial charge in [-0.05, 0) is 42.0 Å². The molecule has 0 spiro atoms. The van der Waals surface area contributed by atoms with Crippen molar-refractivity contribution in [1.29, 1.82) is 0 Å². The van der Waals surface area contributed by atoms with E-state index in [-0.39, 0.29) is 11.8 Å². The summed E-state index contributed by atoms with van der Waals surface area (Å²) in [5.41, 5.74) is 2.42. The van der Waals surface area contributed by atoms with Gasteiger partial charge in [-0.15, -0.1) is 0 Å². The van der Waals surface area contributed by atoms with Crippen molar-refractivity contribution >= 4 is 17.5 Å². The molecule has 1 aliphatic heterocycles. The van der Waals surface area contributed by atoms with Crippen LogP contribution >= 0.6 is 0 Å². The third kappa shape index (κ3) is 4.88. The second kappa shape index (κ2) is 9.95. The average Bonchev–Trinajstić information content (AvgIpc) is 2.87. The number of nitrogens with one attached hydrogen (secondary N) is 1. The summed E-state index contributed by atoms with van der Waals surface area (Å²) < 4.78 is 10.6. The lowest BCUT2D eigenvalue weighted by Crippen LogP contribution is -2.47. The fourth-order valence-electron chi connectivity index (χ4n) is 3.56. The van der Waals surface area contributed by atoms with Crippen molar-refractivity contribution in [2.24, 2.45) is 0 Å². The maximum atomic E-state index is 12.6. The molecule has 4 rings (SSSR count). The van der Waals surface area contributed by atoms with Gasteiger partial charge in [-0.25, -0.2) is 4.98 Å². The van der Waals surface area contributed by atoms with Crippen molar-refractivity contribution in [3.8, 4) is 11.6 Å². The molecule has 0 saturated carbocycles. The van der Waals surface area contributed by atoms with Crippen LogP contribution in [0, 0.1) is 0 Å². The fraction of sp³-hybridized carbons (Fsp3) is 0.304. The molecule has 2 aromatic heterocycles. The summed E-state index contributed by atoms with van der Waals surface area (Å²) in [6.07, 6.45) is 4.90. The minimum absolute atomic E-state index is 0.264. The molecule has 32 heavy (non-hydrogen) atoms. The van der Waals surface area contributed by atoms with Crippen LogP contribution in [0.1, 0.15) is 15.9 Å². The number of nitrogens with zero attached hydrogens (tertiary/aromatic N) is 5. The van der Waals surface area contributed by atoms with Gasteiger partial charge in [-0.3, -0.25) is 9.78 Å². The zero-order valence-electron chi connectivity index (χ0n) is 18.2. The molecule has 0 aliphatic carbocycles. The normalized spacial score (nSPS) is 13.6. The lowest BCUT2D eigenvalue weighted by molar-refractivity contribution is 0.0946. The Hall–Kier alpha value is -3.88. The van der Waals surface area contributed by atoms with Gasteiger partial charge in [0.1, 0.15) is 11.3 Å². The monoisotopic (exact) mass is 434 g/mol. The molecular formula is C23H26N6O3. The van der Waals surface area contributed by atoms with Crippen molar-refractivity contribution < 1.29 is 14.3 Å². The van der Waals surface area contributed by atoms with Crippen molar-refractivity contribution in [2.75, 3.05) is 50.2 Å². The Kier molecular flexibility index (Phi) is 6.64. The highest BCUT2D eigenvalue weighted by Crippen LogP contribution is 2.23. The molecule has 9 nitrogen and oxygen atoms in total. The zero-order valence-corrected chi connectivity index (χ0v) is 18.2. The summed E-state index contributed by atoms with van der Waals surface area (Å²) in [5.74, 6) is 1.38. The molecule has 1 N–H and O–H groups in total. The van der Waals surface area contributed by atoms with Crippen molar-refractivity contribution in [3.05, 3.63) is 66.1 Å². The maximum Gasteiger partial charge on any atom is 0.258 e. The Morgan fingerprint density at radius 3 is 2.31 bits per heavy atom. The van der Waals surface area contributed by atoms with Crippen LogP contribution in [-0.4, -0.2) is 61.3 Å². The van der Waals surface area contributed by atoms with E-state index in [9.17, 15) is 4.79 Å². The van der Waals surface area contributed by atoms with Crippen LogP contribution < -0.4 is 24.6 Å². The predicted octanol–water partition coefficient (Wildman–Crippen LogP) is 2.15. The Bertz CT molecular complexity index is 1040. The number of ether oxygens (including phenoxy) is 2. The molecule has 1 aromatic carbocycles. The van der Waals surface area contributed by atoms with Gasteiger partial charge >= 0.3 is 0 Å². The third-order valence-electron chi connectivity index (χ3n) is 5.38. The van der Waals surface area contributed by atoms with Crippen LogP contribution in [-0.2, 0) is 6.54 Å². The molecule has 0 bridgehead atoms. The Balaban J connectivity index is 1.38. The number of benzene rings is 1. The minimum atomic E-state index is -0.283. The number of amides is 1. The van der Waals surface area contributed by atoms with E-state index < -0.39 is 0 Å². The second-order valence-electron chi connectivity index (χ2n) is 7.30. The summed E-state index contributed by atoms with van der Waals surface area (Å²) in [4.78, 5) is 29.9. The number of carbonyl (C=O) groups is 1. The molecule has 3 aromatic rings. The standard InChI is InChI=1S/C23H26N6O3/c1-31-19-5-3-18(4-6-19)28-11-13-29(14-12-28)23-26-16-20(22(27-23)32-2)21(30)25-15-17-7-9-24-10-8-17/h3-10,16H,11-15H2,1-2H3,(H,25,30). The lowest BCUT2D eigenvalue weighted by atomic mass is 10.2. The van der Waals surface area contributed by atoms with Crippen molar-refractivity contribution in [2.45, 2.75) is 6.54 Å². The Labute approximate surface area is 187 Å². The van der Waals surface area contributed by atoms with E-state index in [0.717, 1.165) is 43.2 Å². The van der Waals surface area contributed by atoms with E-state index in [4.69, 9.17) is 9.47 Å². The number of anilines is 2. The molecule has 9 heteroatoms. The SMILES string of the molecule is COc1ccc(N2CCN(c3ncc(C(=O)NCc4ccncc4)c(OC)n3)CC2)cc1. The zero-order chi connectivity index (χ0) is 22.3. The first kappa shape index (κ1) is 21.4. The lowest BCUT2D eigenvalue weighted by Gasteiger charge is -2.36. The molecule has 1 saturated heterocycles. The van der Waals surface area contributed by atoms with Crippen LogP contribution in [0.3, 0.4) is 0 Å². The molecule has 1 amide bonds. The van der Waals surface area contributed by atoms with E-state index in [2.05, 4.69) is 42.2 Å². The molecular weight excluding hydrogens is 408 g/mol. The number of rotatable bonds is 7. The molecule has 0 unspecified atom stereocenters. The van der Waals surface area contributed by atoms with E-state index >= 15 is 0 Å². The highest BCUT2D eigenvalue weighted by Gasteiger charge is 2.22. The summed E-state index contributed by atoms with van der Waals surface area (Å²) >= 11 is 0. The van der Waals surface area contributed by atoms with Crippen molar-refractivity contribution in [3.63, 3.8) is 0 Å². The van der Waals surface area contributed by atoms with Crippen LogP contribution in [0.25, 0.3) is 0 Å². The molecule has 0 atom stereocenters. The quantitative estimate of drug-likeness (QED) is 0.605. The van der Waals surface area contributed by atoms with Gasteiger partial charge in [0.25, 0.3) is 5.91 Å². The average molecular weight is 435 g/mol. The molecule has 1 fully saturated rings. The van der Waals surface area contributed by atoms with Gasteiger partial charge in [-0.2, -0.15) is 4.98 Å². The van der Waals surface area contributed by atoms with Crippen LogP contribution in [0.2, 0.25) is 0 Å². The van der Waals surface area contributed by atoms with E-state index in [1.54, 1.807) is 19.5 Å². The van der Waals surface area contributed by atoms with Gasteiger partial charge in [0.05, 0.1) is 14.2 Å². The number of pyridine rings is 1. The maximum absolute atomic E-state index is 12.6. The number of aromatic nitrogens is 3. The van der Waals surface area contributed by atoms with Gasteiger partial charge in [-0.1, -0.05) is 0 Å². The van der Waals surface area contributed by atoms with Gasteiger partial charge < -0.3 is 24.6 Å². The summed E-state index contributed by atoms with van der Waals surface area (Å²) in [6, 6.07) is 11.8. The Morgan fingerprint density at radius 1 is 0.969 bits per heavy atom. The first-order valence-electron chi connectivity index (χ1n) is 10.4. The topological polar surface area (TPSA) is 92.7 Å². The highest BCUT2D eigenvalue weighted by atomic mass is 16.5. The van der Waals surface area contributed by atoms with Crippen molar-refractivity contribution in [1.82, 2.24) is 20.3 Å². The molecule has 0 radical (unpaired) electrons. The summed E-state index contributed by atoms with van der Waals surface area (Å²) in [7, 11) is 3.17. The summed E-state index contributed by atoms with van der Waals surface area (Å²) in [6.45, 7) is 3.60.